The highest BCUT2D eigenvalue weighted by Gasteiger charge is 2.12. The molecule has 0 aromatic carbocycles. The molecule has 0 bridgehead atoms. The van der Waals surface area contributed by atoms with E-state index < -0.39 is 0 Å². The maximum absolute atomic E-state index is 8.58. The lowest BCUT2D eigenvalue weighted by atomic mass is 10.1. The van der Waals surface area contributed by atoms with Crippen LogP contribution in [0.2, 0.25) is 0 Å². The molecular weight excluding hydrogens is 230 g/mol. The van der Waals surface area contributed by atoms with Gasteiger partial charge < -0.3 is 16.3 Å². The zero-order valence-corrected chi connectivity index (χ0v) is 11.6. The number of nitrogens with one attached hydrogen (secondary N) is 1. The lowest BCUT2D eigenvalue weighted by Crippen LogP contribution is -2.33. The van der Waals surface area contributed by atoms with E-state index in [0.29, 0.717) is 6.42 Å². The van der Waals surface area contributed by atoms with Crippen LogP contribution >= 0.6 is 0 Å². The van der Waals surface area contributed by atoms with Crippen LogP contribution in [-0.2, 0) is 13.6 Å². The Labute approximate surface area is 108 Å². The maximum atomic E-state index is 8.58. The van der Waals surface area contributed by atoms with Crippen molar-refractivity contribution in [3.63, 3.8) is 0 Å². The summed E-state index contributed by atoms with van der Waals surface area (Å²) in [4.78, 5) is 0. The number of rotatable bonds is 6. The van der Waals surface area contributed by atoms with Gasteiger partial charge in [0.1, 0.15) is 5.84 Å². The third-order valence-electron chi connectivity index (χ3n) is 3.30. The Morgan fingerprint density at radius 1 is 1.56 bits per heavy atom. The number of oxime groups is 1. The Morgan fingerprint density at radius 2 is 2.22 bits per heavy atom. The van der Waals surface area contributed by atoms with E-state index >= 15 is 0 Å². The van der Waals surface area contributed by atoms with E-state index in [1.807, 2.05) is 18.7 Å². The van der Waals surface area contributed by atoms with Gasteiger partial charge in [-0.15, -0.1) is 0 Å². The molecule has 1 heterocycles. The summed E-state index contributed by atoms with van der Waals surface area (Å²) in [6.07, 6.45) is 1.47. The Morgan fingerprint density at radius 3 is 2.67 bits per heavy atom. The van der Waals surface area contributed by atoms with Crippen molar-refractivity contribution in [1.82, 2.24) is 15.1 Å². The molecule has 1 unspecified atom stereocenters. The highest BCUT2D eigenvalue weighted by molar-refractivity contribution is 5.80. The van der Waals surface area contributed by atoms with Gasteiger partial charge in [-0.25, -0.2) is 0 Å². The van der Waals surface area contributed by atoms with Crippen molar-refractivity contribution in [2.45, 2.75) is 46.2 Å². The summed E-state index contributed by atoms with van der Waals surface area (Å²) in [5.41, 5.74) is 8.95. The van der Waals surface area contributed by atoms with E-state index in [0.717, 1.165) is 18.7 Å². The Kier molecular flexibility index (Phi) is 5.15. The van der Waals surface area contributed by atoms with Gasteiger partial charge in [0.05, 0.1) is 5.69 Å². The van der Waals surface area contributed by atoms with E-state index in [4.69, 9.17) is 10.9 Å². The minimum absolute atomic E-state index is 0.208. The minimum Gasteiger partial charge on any atom is -0.409 e. The highest BCUT2D eigenvalue weighted by Crippen LogP contribution is 2.12. The number of hydrogen-bond acceptors (Lipinski definition) is 4. The summed E-state index contributed by atoms with van der Waals surface area (Å²) >= 11 is 0. The third-order valence-corrected chi connectivity index (χ3v) is 3.30. The molecule has 4 N–H and O–H groups in total. The molecule has 6 heteroatoms. The van der Waals surface area contributed by atoms with Crippen molar-refractivity contribution in [2.24, 2.45) is 17.9 Å². The number of aryl methyl sites for hydroxylation is 2. The molecule has 102 valence electrons. The Balaban J connectivity index is 2.62. The van der Waals surface area contributed by atoms with Crippen LogP contribution in [0.5, 0.6) is 0 Å². The topological polar surface area (TPSA) is 88.5 Å². The number of aromatic nitrogens is 2. The average molecular weight is 253 g/mol. The fourth-order valence-corrected chi connectivity index (χ4v) is 1.97. The molecule has 0 aliphatic rings. The monoisotopic (exact) mass is 253 g/mol. The van der Waals surface area contributed by atoms with Gasteiger partial charge in [-0.3, -0.25) is 4.68 Å². The van der Waals surface area contributed by atoms with Crippen LogP contribution < -0.4 is 11.1 Å². The summed E-state index contributed by atoms with van der Waals surface area (Å²) in [5.74, 6) is 0.258. The molecule has 0 saturated heterocycles. The van der Waals surface area contributed by atoms with Crippen LogP contribution in [0.1, 0.15) is 36.7 Å². The van der Waals surface area contributed by atoms with Crippen molar-refractivity contribution in [3.8, 4) is 0 Å². The molecule has 0 spiro atoms. The summed E-state index contributed by atoms with van der Waals surface area (Å²) < 4.78 is 1.89. The normalized spacial score (nSPS) is 13.9. The van der Waals surface area contributed by atoms with Crippen LogP contribution in [0.25, 0.3) is 0 Å². The van der Waals surface area contributed by atoms with Gasteiger partial charge in [-0.1, -0.05) is 12.1 Å². The van der Waals surface area contributed by atoms with Gasteiger partial charge in [-0.2, -0.15) is 5.10 Å². The lowest BCUT2D eigenvalue weighted by molar-refractivity contribution is 0.315. The smallest absolute Gasteiger partial charge is 0.140 e. The van der Waals surface area contributed by atoms with Crippen LogP contribution in [0, 0.1) is 13.8 Å². The quantitative estimate of drug-likeness (QED) is 0.306. The Bertz CT molecular complexity index is 424. The van der Waals surface area contributed by atoms with Crippen LogP contribution in [0.15, 0.2) is 5.16 Å². The third kappa shape index (κ3) is 3.46. The first kappa shape index (κ1) is 14.5. The molecule has 6 nitrogen and oxygen atoms in total. The van der Waals surface area contributed by atoms with Crippen molar-refractivity contribution in [3.05, 3.63) is 17.0 Å². The SMILES string of the molecule is CCC(CC(N)=NO)NCc1c(C)nn(C)c1C. The lowest BCUT2D eigenvalue weighted by Gasteiger charge is -2.16. The van der Waals surface area contributed by atoms with Crippen molar-refractivity contribution < 1.29 is 5.21 Å². The number of hydrogen-bond donors (Lipinski definition) is 3. The first-order valence-corrected chi connectivity index (χ1v) is 6.18. The molecule has 1 aromatic heterocycles. The van der Waals surface area contributed by atoms with Gasteiger partial charge in [0.25, 0.3) is 0 Å². The minimum atomic E-state index is 0.208. The van der Waals surface area contributed by atoms with Crippen molar-refractivity contribution in [1.29, 1.82) is 0 Å². The molecule has 0 saturated carbocycles. The number of nitrogens with zero attached hydrogens (tertiary/aromatic N) is 3. The predicted molar refractivity (Wildman–Crippen MR) is 71.6 cm³/mol. The van der Waals surface area contributed by atoms with Crippen molar-refractivity contribution >= 4 is 5.84 Å². The molecular formula is C12H23N5O. The largest absolute Gasteiger partial charge is 0.409 e. The molecule has 1 atom stereocenters. The molecule has 1 rings (SSSR count). The summed E-state index contributed by atoms with van der Waals surface area (Å²) in [7, 11) is 1.94. The van der Waals surface area contributed by atoms with Crippen LogP contribution in [0.3, 0.4) is 0 Å². The second-order valence-electron chi connectivity index (χ2n) is 4.55. The maximum Gasteiger partial charge on any atom is 0.140 e. The van der Waals surface area contributed by atoms with Gasteiger partial charge >= 0.3 is 0 Å². The zero-order valence-electron chi connectivity index (χ0n) is 11.6. The molecule has 0 fully saturated rings. The molecule has 1 aromatic rings. The predicted octanol–water partition coefficient (Wildman–Crippen LogP) is 1.04. The van der Waals surface area contributed by atoms with Gasteiger partial charge in [0.2, 0.25) is 0 Å². The van der Waals surface area contributed by atoms with Crippen molar-refractivity contribution in [2.75, 3.05) is 0 Å². The first-order chi connectivity index (χ1) is 8.49. The number of nitrogens with two attached hydrogens (primary N) is 1. The molecule has 18 heavy (non-hydrogen) atoms. The van der Waals surface area contributed by atoms with Crippen LogP contribution in [0.4, 0.5) is 0 Å². The number of amidine groups is 1. The fraction of sp³-hybridized carbons (Fsp3) is 0.667. The summed E-state index contributed by atoms with van der Waals surface area (Å²) in [6, 6.07) is 0.208. The van der Waals surface area contributed by atoms with E-state index in [1.165, 1.54) is 11.3 Å². The summed E-state index contributed by atoms with van der Waals surface area (Å²) in [5, 5.41) is 19.4. The molecule has 0 radical (unpaired) electrons. The zero-order chi connectivity index (χ0) is 13.7. The van der Waals surface area contributed by atoms with Gasteiger partial charge in [-0.05, 0) is 20.3 Å². The Hall–Kier alpha value is -1.56. The molecule has 0 amide bonds. The molecule has 0 aliphatic heterocycles. The van der Waals surface area contributed by atoms with Gasteiger partial charge in [0.15, 0.2) is 0 Å². The van der Waals surface area contributed by atoms with E-state index in [-0.39, 0.29) is 11.9 Å². The van der Waals surface area contributed by atoms with Gasteiger partial charge in [0, 0.05) is 37.3 Å². The van der Waals surface area contributed by atoms with E-state index in [9.17, 15) is 0 Å². The van der Waals surface area contributed by atoms with Crippen LogP contribution in [-0.4, -0.2) is 26.9 Å². The second-order valence-corrected chi connectivity index (χ2v) is 4.55. The summed E-state index contributed by atoms with van der Waals surface area (Å²) in [6.45, 7) is 6.89. The molecule has 0 aliphatic carbocycles. The van der Waals surface area contributed by atoms with E-state index in [1.54, 1.807) is 0 Å². The highest BCUT2D eigenvalue weighted by atomic mass is 16.4. The standard InChI is InChI=1S/C12H23N5O/c1-5-10(6-12(13)16-18)14-7-11-8(2)15-17(4)9(11)3/h10,14,18H,5-7H2,1-4H3,(H2,13,16). The van der Waals surface area contributed by atoms with E-state index in [2.05, 4.69) is 29.4 Å². The second kappa shape index (κ2) is 6.39. The first-order valence-electron chi connectivity index (χ1n) is 6.18. The average Bonchev–Trinajstić information content (AvgIpc) is 2.59. The fourth-order valence-electron chi connectivity index (χ4n) is 1.97.